The number of phenolic OH excluding ortho intramolecular Hbond substituents is 1. The van der Waals surface area contributed by atoms with Crippen LogP contribution in [0.15, 0.2) is 60.7 Å². The molecular weight excluding hydrogens is 404 g/mol. The second-order valence-corrected chi connectivity index (χ2v) is 9.12. The molecule has 0 atom stereocenters. The zero-order valence-corrected chi connectivity index (χ0v) is 18.8. The fraction of sp³-hybridized carbons (Fsp3) is 0.259. The van der Waals surface area contributed by atoms with Crippen molar-refractivity contribution in [1.82, 2.24) is 0 Å². The third kappa shape index (κ3) is 5.55. The SMILES string of the molecule is Cc1c(OCc2cccc(-c3cccc(C(=O)O)c3)c2)ccc(C(=O)CC(C)(C)C)c1O. The lowest BCUT2D eigenvalue weighted by atomic mass is 9.87. The Hall–Kier alpha value is -3.60. The van der Waals surface area contributed by atoms with Crippen LogP contribution in [0.5, 0.6) is 11.5 Å². The lowest BCUT2D eigenvalue weighted by Gasteiger charge is -2.18. The molecule has 166 valence electrons. The Morgan fingerprint density at radius 2 is 1.59 bits per heavy atom. The summed E-state index contributed by atoms with van der Waals surface area (Å²) in [6, 6.07) is 17.8. The number of carboxylic acid groups (broad SMARTS) is 1. The van der Waals surface area contributed by atoms with Crippen LogP contribution in [0.1, 0.15) is 59.0 Å². The molecule has 0 radical (unpaired) electrons. The van der Waals surface area contributed by atoms with Gasteiger partial charge in [-0.1, -0.05) is 51.1 Å². The number of phenols is 1. The number of hydrogen-bond donors (Lipinski definition) is 2. The van der Waals surface area contributed by atoms with Gasteiger partial charge >= 0.3 is 5.97 Å². The maximum atomic E-state index is 12.5. The van der Waals surface area contributed by atoms with Crippen LogP contribution in [0, 0.1) is 12.3 Å². The number of hydrogen-bond acceptors (Lipinski definition) is 4. The molecule has 0 fully saturated rings. The molecule has 0 unspecified atom stereocenters. The summed E-state index contributed by atoms with van der Waals surface area (Å²) in [6.45, 7) is 7.95. The number of ether oxygens (including phenoxy) is 1. The molecule has 0 aliphatic rings. The van der Waals surface area contributed by atoms with Gasteiger partial charge in [-0.05, 0) is 59.4 Å². The second-order valence-electron chi connectivity index (χ2n) is 9.12. The van der Waals surface area contributed by atoms with Crippen LogP contribution < -0.4 is 4.74 Å². The van der Waals surface area contributed by atoms with E-state index in [0.717, 1.165) is 16.7 Å². The fourth-order valence-electron chi connectivity index (χ4n) is 3.47. The number of Topliss-reactive ketones (excluding diaryl/α,β-unsaturated/α-hetero) is 1. The predicted molar refractivity (Wildman–Crippen MR) is 124 cm³/mol. The number of aromatic hydroxyl groups is 1. The normalized spacial score (nSPS) is 11.2. The molecule has 0 aliphatic carbocycles. The summed E-state index contributed by atoms with van der Waals surface area (Å²) in [5.41, 5.74) is 3.49. The van der Waals surface area contributed by atoms with E-state index in [0.29, 0.717) is 23.3 Å². The molecule has 0 bridgehead atoms. The summed E-state index contributed by atoms with van der Waals surface area (Å²) >= 11 is 0. The maximum absolute atomic E-state index is 12.5. The van der Waals surface area contributed by atoms with Gasteiger partial charge in [-0.15, -0.1) is 0 Å². The van der Waals surface area contributed by atoms with Gasteiger partial charge in [-0.25, -0.2) is 4.79 Å². The third-order valence-corrected chi connectivity index (χ3v) is 5.14. The van der Waals surface area contributed by atoms with E-state index < -0.39 is 5.97 Å². The van der Waals surface area contributed by atoms with Crippen molar-refractivity contribution in [2.24, 2.45) is 5.41 Å². The first-order valence-electron chi connectivity index (χ1n) is 10.5. The van der Waals surface area contributed by atoms with E-state index in [1.165, 1.54) is 0 Å². The van der Waals surface area contributed by atoms with E-state index in [1.807, 2.05) is 51.1 Å². The van der Waals surface area contributed by atoms with Gasteiger partial charge < -0.3 is 14.9 Å². The Kier molecular flexibility index (Phi) is 6.68. The minimum absolute atomic E-state index is 0.0454. The Balaban J connectivity index is 1.77. The topological polar surface area (TPSA) is 83.8 Å². The highest BCUT2D eigenvalue weighted by atomic mass is 16.5. The predicted octanol–water partition coefficient (Wildman–Crippen LogP) is 6.26. The molecule has 0 heterocycles. The largest absolute Gasteiger partial charge is 0.507 e. The van der Waals surface area contributed by atoms with E-state index in [2.05, 4.69) is 0 Å². The number of rotatable bonds is 7. The molecule has 0 aliphatic heterocycles. The molecule has 3 rings (SSSR count). The highest BCUT2D eigenvalue weighted by molar-refractivity contribution is 5.99. The summed E-state index contributed by atoms with van der Waals surface area (Å²) in [4.78, 5) is 23.8. The summed E-state index contributed by atoms with van der Waals surface area (Å²) in [5.74, 6) is -0.601. The molecule has 5 nitrogen and oxygen atoms in total. The van der Waals surface area contributed by atoms with Crippen molar-refractivity contribution in [3.05, 3.63) is 82.9 Å². The van der Waals surface area contributed by atoms with Crippen LogP contribution in [-0.2, 0) is 6.61 Å². The zero-order chi connectivity index (χ0) is 23.5. The summed E-state index contributed by atoms with van der Waals surface area (Å²) in [6.07, 6.45) is 0.343. The van der Waals surface area contributed by atoms with Gasteiger partial charge in [0.25, 0.3) is 0 Å². The molecular formula is C27H28O5. The van der Waals surface area contributed by atoms with Crippen molar-refractivity contribution in [2.45, 2.75) is 40.7 Å². The standard InChI is InChI=1S/C27H28O5/c1-17-24(12-11-22(25(17)29)23(28)15-27(2,3)4)32-16-18-7-5-8-19(13-18)20-9-6-10-21(14-20)26(30)31/h5-14,29H,15-16H2,1-4H3,(H,30,31). The number of carbonyl (C=O) groups is 2. The first-order chi connectivity index (χ1) is 15.0. The number of carboxylic acids is 1. The van der Waals surface area contributed by atoms with E-state index in [-0.39, 0.29) is 29.1 Å². The first-order valence-corrected chi connectivity index (χ1v) is 10.5. The van der Waals surface area contributed by atoms with Crippen molar-refractivity contribution in [1.29, 1.82) is 0 Å². The Morgan fingerprint density at radius 1 is 0.938 bits per heavy atom. The summed E-state index contributed by atoms with van der Waals surface area (Å²) in [5, 5.41) is 19.8. The number of carbonyl (C=O) groups excluding carboxylic acids is 1. The minimum Gasteiger partial charge on any atom is -0.507 e. The highest BCUT2D eigenvalue weighted by Gasteiger charge is 2.21. The minimum atomic E-state index is -0.967. The molecule has 0 spiro atoms. The van der Waals surface area contributed by atoms with Gasteiger partial charge in [-0.2, -0.15) is 0 Å². The van der Waals surface area contributed by atoms with E-state index >= 15 is 0 Å². The molecule has 2 N–H and O–H groups in total. The molecule has 0 saturated carbocycles. The van der Waals surface area contributed by atoms with Crippen LogP contribution in [0.25, 0.3) is 11.1 Å². The molecule has 0 amide bonds. The van der Waals surface area contributed by atoms with Gasteiger partial charge in [0.2, 0.25) is 0 Å². The summed E-state index contributed by atoms with van der Waals surface area (Å²) < 4.78 is 5.93. The van der Waals surface area contributed by atoms with Crippen LogP contribution in [0.3, 0.4) is 0 Å². The van der Waals surface area contributed by atoms with Gasteiger partial charge in [-0.3, -0.25) is 4.79 Å². The van der Waals surface area contributed by atoms with Crippen LogP contribution in [0.4, 0.5) is 0 Å². The van der Waals surface area contributed by atoms with Gasteiger partial charge in [0.05, 0.1) is 11.1 Å². The number of aromatic carboxylic acids is 1. The van der Waals surface area contributed by atoms with Crippen LogP contribution >= 0.6 is 0 Å². The summed E-state index contributed by atoms with van der Waals surface area (Å²) in [7, 11) is 0. The number of benzene rings is 3. The Bertz CT molecular complexity index is 1150. The zero-order valence-electron chi connectivity index (χ0n) is 18.8. The quantitative estimate of drug-likeness (QED) is 0.430. The second kappa shape index (κ2) is 9.27. The highest BCUT2D eigenvalue weighted by Crippen LogP contribution is 2.33. The van der Waals surface area contributed by atoms with Crippen molar-refractivity contribution >= 4 is 11.8 Å². The number of ketones is 1. The Labute approximate surface area is 188 Å². The van der Waals surface area contributed by atoms with E-state index in [1.54, 1.807) is 37.3 Å². The average molecular weight is 433 g/mol. The first kappa shape index (κ1) is 23.1. The van der Waals surface area contributed by atoms with Crippen molar-refractivity contribution in [2.75, 3.05) is 0 Å². The molecule has 32 heavy (non-hydrogen) atoms. The molecule has 0 saturated heterocycles. The van der Waals surface area contributed by atoms with Crippen molar-refractivity contribution in [3.8, 4) is 22.6 Å². The van der Waals surface area contributed by atoms with Gasteiger partial charge in [0.1, 0.15) is 18.1 Å². The molecule has 0 aromatic heterocycles. The van der Waals surface area contributed by atoms with Crippen LogP contribution in [0.2, 0.25) is 0 Å². The molecule has 5 heteroatoms. The molecule has 3 aromatic carbocycles. The van der Waals surface area contributed by atoms with E-state index in [9.17, 15) is 19.8 Å². The van der Waals surface area contributed by atoms with Crippen molar-refractivity contribution in [3.63, 3.8) is 0 Å². The maximum Gasteiger partial charge on any atom is 0.335 e. The third-order valence-electron chi connectivity index (χ3n) is 5.14. The lowest BCUT2D eigenvalue weighted by Crippen LogP contribution is -2.13. The van der Waals surface area contributed by atoms with Gasteiger partial charge in [0, 0.05) is 12.0 Å². The van der Waals surface area contributed by atoms with Crippen LogP contribution in [-0.4, -0.2) is 22.0 Å². The monoisotopic (exact) mass is 432 g/mol. The fourth-order valence-corrected chi connectivity index (χ4v) is 3.47. The molecule has 3 aromatic rings. The van der Waals surface area contributed by atoms with E-state index in [4.69, 9.17) is 4.74 Å². The van der Waals surface area contributed by atoms with Crippen molar-refractivity contribution < 1.29 is 24.5 Å². The lowest BCUT2D eigenvalue weighted by molar-refractivity contribution is 0.0696. The average Bonchev–Trinajstić information content (AvgIpc) is 2.73. The Morgan fingerprint density at radius 3 is 2.25 bits per heavy atom. The van der Waals surface area contributed by atoms with Gasteiger partial charge in [0.15, 0.2) is 5.78 Å². The smallest absolute Gasteiger partial charge is 0.335 e.